The van der Waals surface area contributed by atoms with Gasteiger partial charge in [-0.3, -0.25) is 43.3 Å². The number of amides is 7. The molecular weight excluding hydrogens is 766 g/mol. The number of nitrogens with one attached hydrogen (secondary N) is 8. The van der Waals surface area contributed by atoms with Gasteiger partial charge in [0.15, 0.2) is 11.2 Å². The summed E-state index contributed by atoms with van der Waals surface area (Å²) in [5, 5.41) is 26.7. The van der Waals surface area contributed by atoms with Crippen LogP contribution in [0.3, 0.4) is 0 Å². The zero-order valence-corrected chi connectivity index (χ0v) is 31.2. The van der Waals surface area contributed by atoms with E-state index in [0.717, 1.165) is 0 Å². The number of hydrogen-bond acceptors (Lipinski definition) is 14. The second-order valence-corrected chi connectivity index (χ2v) is 12.5. The van der Waals surface area contributed by atoms with E-state index in [9.17, 15) is 48.3 Å². The molecule has 25 heteroatoms. The van der Waals surface area contributed by atoms with Crippen molar-refractivity contribution < 1.29 is 54.9 Å². The number of carbonyl (C=O) groups is 8. The van der Waals surface area contributed by atoms with Crippen LogP contribution in [0, 0.1) is 0 Å². The number of nitrogens with two attached hydrogens (primary N) is 2. The number of primary amides is 1. The van der Waals surface area contributed by atoms with E-state index >= 15 is 0 Å². The molecule has 312 valence electrons. The van der Waals surface area contributed by atoms with E-state index in [1.807, 2.05) is 0 Å². The molecule has 0 aliphatic heterocycles. The van der Waals surface area contributed by atoms with Crippen LogP contribution in [0.1, 0.15) is 41.7 Å². The molecule has 0 aliphatic carbocycles. The van der Waals surface area contributed by atoms with E-state index < -0.39 is 90.6 Å². The first-order chi connectivity index (χ1) is 27.6. The summed E-state index contributed by atoms with van der Waals surface area (Å²) in [4.78, 5) is 124. The molecule has 0 radical (unpaired) electrons. The van der Waals surface area contributed by atoms with Gasteiger partial charge in [0.2, 0.25) is 41.4 Å². The van der Waals surface area contributed by atoms with Gasteiger partial charge in [0.25, 0.3) is 11.5 Å². The average Bonchev–Trinajstić information content (AvgIpc) is 3.18. The highest BCUT2D eigenvalue weighted by Gasteiger charge is 2.26. The lowest BCUT2D eigenvalue weighted by Gasteiger charge is -2.20. The van der Waals surface area contributed by atoms with Gasteiger partial charge in [-0.1, -0.05) is 0 Å². The molecule has 0 fully saturated rings. The highest BCUT2D eigenvalue weighted by atomic mass is 16.4. The van der Waals surface area contributed by atoms with Crippen molar-refractivity contribution in [2.24, 2.45) is 5.73 Å². The van der Waals surface area contributed by atoms with Crippen molar-refractivity contribution >= 4 is 70.1 Å². The van der Waals surface area contributed by atoms with E-state index in [1.54, 1.807) is 12.1 Å². The number of quaternary nitrogens is 2. The number of hydrogen-bond donors (Lipinski definition) is 13. The number of aromatic nitrogens is 4. The summed E-state index contributed by atoms with van der Waals surface area (Å²) in [7, 11) is 0. The number of benzene rings is 1. The van der Waals surface area contributed by atoms with Crippen molar-refractivity contribution in [3.63, 3.8) is 0 Å². The number of carboxylic acid groups (broad SMARTS) is 1. The zero-order chi connectivity index (χ0) is 42.8. The topological polar surface area (TPSA) is 420 Å². The maximum atomic E-state index is 12.8. The fraction of sp³-hybridized carbons (Fsp3) is 0.394. The monoisotopic (exact) mass is 813 g/mol. The number of H-pyrrole nitrogens is 1. The molecule has 1 aromatic carbocycles. The molecule has 0 saturated carbocycles. The molecule has 7 amide bonds. The van der Waals surface area contributed by atoms with Crippen molar-refractivity contribution in [2.45, 2.75) is 50.4 Å². The first-order valence-corrected chi connectivity index (χ1v) is 17.8. The third kappa shape index (κ3) is 14.8. The Morgan fingerprint density at radius 3 is 1.97 bits per heavy atom. The van der Waals surface area contributed by atoms with Crippen LogP contribution in [-0.2, 0) is 40.1 Å². The molecule has 0 spiro atoms. The number of aliphatic carboxylic acids is 1. The minimum absolute atomic E-state index is 0.0151. The zero-order valence-electron chi connectivity index (χ0n) is 31.2. The number of rotatable bonds is 23. The van der Waals surface area contributed by atoms with Gasteiger partial charge in [0.05, 0.1) is 51.2 Å². The number of carbonyl (C=O) groups excluding carboxylic acids is 7. The van der Waals surface area contributed by atoms with Crippen LogP contribution in [-0.4, -0.2) is 123 Å². The van der Waals surface area contributed by atoms with E-state index in [-0.39, 0.29) is 61.4 Å². The van der Waals surface area contributed by atoms with Crippen LogP contribution in [0.2, 0.25) is 0 Å². The first kappa shape index (κ1) is 45.1. The third-order valence-electron chi connectivity index (χ3n) is 8.01. The van der Waals surface area contributed by atoms with Crippen LogP contribution in [0.5, 0.6) is 0 Å². The molecule has 3 atom stereocenters. The van der Waals surface area contributed by atoms with Crippen molar-refractivity contribution in [3.8, 4) is 0 Å². The minimum atomic E-state index is -1.45. The fourth-order valence-electron chi connectivity index (χ4n) is 4.99. The van der Waals surface area contributed by atoms with Crippen LogP contribution in [0.25, 0.3) is 11.2 Å². The molecule has 0 unspecified atom stereocenters. The predicted molar refractivity (Wildman–Crippen MR) is 201 cm³/mol. The highest BCUT2D eigenvalue weighted by molar-refractivity contribution is 5.97. The molecular formula is C33H47N15O10+2. The summed E-state index contributed by atoms with van der Waals surface area (Å²) in [6.07, 6.45) is 1.08. The summed E-state index contributed by atoms with van der Waals surface area (Å²) in [6.45, 7) is -0.894. The predicted octanol–water partition coefficient (Wildman–Crippen LogP) is -7.06. The first-order valence-electron chi connectivity index (χ1n) is 17.8. The van der Waals surface area contributed by atoms with Crippen LogP contribution < -0.4 is 65.7 Å². The van der Waals surface area contributed by atoms with Crippen LogP contribution in [0.4, 0.5) is 11.6 Å². The van der Waals surface area contributed by atoms with Gasteiger partial charge in [0.1, 0.15) is 18.1 Å². The molecule has 58 heavy (non-hydrogen) atoms. The molecule has 25 nitrogen and oxygen atoms in total. The van der Waals surface area contributed by atoms with Gasteiger partial charge in [0, 0.05) is 30.5 Å². The maximum absolute atomic E-state index is 12.8. The van der Waals surface area contributed by atoms with E-state index in [0.29, 0.717) is 17.9 Å². The average molecular weight is 814 g/mol. The third-order valence-corrected chi connectivity index (χ3v) is 8.01. The second-order valence-electron chi connectivity index (χ2n) is 12.5. The van der Waals surface area contributed by atoms with Crippen molar-refractivity contribution in [3.05, 3.63) is 52.1 Å². The number of aromatic amines is 1. The molecule has 3 rings (SSSR count). The molecule has 3 aromatic rings. The quantitative estimate of drug-likeness (QED) is 0.0423. The Bertz CT molecular complexity index is 2040. The van der Waals surface area contributed by atoms with E-state index in [1.165, 1.54) is 18.3 Å². The van der Waals surface area contributed by atoms with Gasteiger partial charge >= 0.3 is 5.97 Å². The smallest absolute Gasteiger partial charge is 0.326 e. The maximum Gasteiger partial charge on any atom is 0.326 e. The Kier molecular flexibility index (Phi) is 17.4. The van der Waals surface area contributed by atoms with Gasteiger partial charge in [-0.2, -0.15) is 4.98 Å². The Balaban J connectivity index is 1.36. The Hall–Kier alpha value is -7.28. The lowest BCUT2D eigenvalue weighted by molar-refractivity contribution is -0.369. The normalized spacial score (nSPS) is 12.2. The molecule has 19 N–H and O–H groups in total. The molecule has 0 aliphatic rings. The van der Waals surface area contributed by atoms with Crippen molar-refractivity contribution in [1.29, 1.82) is 0 Å². The summed E-state index contributed by atoms with van der Waals surface area (Å²) in [5.74, 6) is -6.58. The number of fused-ring (bicyclic) bond motifs is 1. The van der Waals surface area contributed by atoms with Gasteiger partial charge in [-0.05, 0) is 30.7 Å². The SMILES string of the molecule is NC(=O)[C@H](CC[NH3+])NC(=O)[C@H](CC[NH3+])NC(=O)CNC(=O)CNC(=O)CNC(=O)CC[C@H](NC(=O)c1ccc(NCc2cnc3nc(N)[nH]c(=O)c3n2)cc1)C(=O)O. The lowest BCUT2D eigenvalue weighted by atomic mass is 10.1. The van der Waals surface area contributed by atoms with Crippen LogP contribution >= 0.6 is 0 Å². The Labute approximate surface area is 328 Å². The Morgan fingerprint density at radius 1 is 0.759 bits per heavy atom. The Morgan fingerprint density at radius 2 is 1.36 bits per heavy atom. The van der Waals surface area contributed by atoms with Gasteiger partial charge in [-0.15, -0.1) is 0 Å². The summed E-state index contributed by atoms with van der Waals surface area (Å²) in [6, 6.07) is 2.54. The second kappa shape index (κ2) is 22.3. The molecule has 2 heterocycles. The summed E-state index contributed by atoms with van der Waals surface area (Å²) < 4.78 is 0. The number of nitrogen functional groups attached to an aromatic ring is 1. The summed E-state index contributed by atoms with van der Waals surface area (Å²) in [5.41, 5.74) is 18.8. The highest BCUT2D eigenvalue weighted by Crippen LogP contribution is 2.12. The van der Waals surface area contributed by atoms with Crippen LogP contribution in [0.15, 0.2) is 35.3 Å². The standard InChI is InChI=1S/C33H45N15O10/c34-9-7-19(27(36)53)45-30(55)20(8-10-35)44-25(52)15-41-24(51)14-40-23(50)13-39-22(49)6-5-21(32(57)58)46-29(54)16-1-3-17(4-2-16)38-11-18-12-42-28-26(43-18)31(56)48-33(37)47-28/h1-4,12,19-21,38H,5-11,13-15,34-35H2,(H2,36,53)(H,39,49)(H,40,50)(H,41,51)(H,44,52)(H,45,55)(H,46,54)(H,57,58)(H3,37,42,47,48,56)/p+2/t19-,20-,21-/m0/s1. The summed E-state index contributed by atoms with van der Waals surface area (Å²) >= 11 is 0. The molecule has 0 saturated heterocycles. The van der Waals surface area contributed by atoms with Gasteiger partial charge < -0.3 is 65.3 Å². The van der Waals surface area contributed by atoms with E-state index in [2.05, 4.69) is 68.6 Å². The van der Waals surface area contributed by atoms with Crippen molar-refractivity contribution in [2.75, 3.05) is 43.8 Å². The number of nitrogens with zero attached hydrogens (tertiary/aromatic N) is 3. The van der Waals surface area contributed by atoms with Crippen molar-refractivity contribution in [1.82, 2.24) is 51.8 Å². The van der Waals surface area contributed by atoms with E-state index in [4.69, 9.17) is 11.5 Å². The molecule has 0 bridgehead atoms. The van der Waals surface area contributed by atoms with Gasteiger partial charge in [-0.25, -0.2) is 14.8 Å². The number of anilines is 2. The number of carboxylic acids is 1. The minimum Gasteiger partial charge on any atom is -0.480 e. The fourth-order valence-corrected chi connectivity index (χ4v) is 4.99. The lowest BCUT2D eigenvalue weighted by Crippen LogP contribution is -2.60. The largest absolute Gasteiger partial charge is 0.480 e. The molecule has 2 aromatic heterocycles.